The molecule has 1 aliphatic carbocycles. The first-order valence-corrected chi connectivity index (χ1v) is 10.0. The second-order valence-electron chi connectivity index (χ2n) is 6.95. The first-order valence-electron chi connectivity index (χ1n) is 10.0. The Morgan fingerprint density at radius 3 is 2.48 bits per heavy atom. The smallest absolute Gasteiger partial charge is 0.267 e. The van der Waals surface area contributed by atoms with E-state index in [4.69, 9.17) is 0 Å². The zero-order valence-corrected chi connectivity index (χ0v) is 17.7. The third-order valence-corrected chi connectivity index (χ3v) is 5.25. The SMILES string of the molecule is CCCn1c2c(c(O)c(C(=O)NCCCN(CC)CC)c1=O)CCCC2.Cl. The Morgan fingerprint density at radius 2 is 1.85 bits per heavy atom. The lowest BCUT2D eigenvalue weighted by Crippen LogP contribution is -2.37. The van der Waals surface area contributed by atoms with E-state index < -0.39 is 5.91 Å². The molecule has 2 rings (SSSR count). The van der Waals surface area contributed by atoms with Crippen LogP contribution in [0.4, 0.5) is 0 Å². The van der Waals surface area contributed by atoms with E-state index in [0.717, 1.165) is 69.4 Å². The normalized spacial score (nSPS) is 13.2. The molecule has 1 amide bonds. The number of fused-ring (bicyclic) bond motifs is 1. The molecule has 1 aliphatic rings. The Labute approximate surface area is 168 Å². The first kappa shape index (κ1) is 23.5. The van der Waals surface area contributed by atoms with Gasteiger partial charge in [0.25, 0.3) is 11.5 Å². The van der Waals surface area contributed by atoms with Crippen molar-refractivity contribution in [3.63, 3.8) is 0 Å². The summed E-state index contributed by atoms with van der Waals surface area (Å²) < 4.78 is 1.71. The topological polar surface area (TPSA) is 74.6 Å². The van der Waals surface area contributed by atoms with E-state index >= 15 is 0 Å². The van der Waals surface area contributed by atoms with Crippen LogP contribution in [0.25, 0.3) is 0 Å². The van der Waals surface area contributed by atoms with Gasteiger partial charge in [0, 0.05) is 24.3 Å². The minimum absolute atomic E-state index is 0. The van der Waals surface area contributed by atoms with Gasteiger partial charge in [-0.3, -0.25) is 9.59 Å². The van der Waals surface area contributed by atoms with Crippen molar-refractivity contribution < 1.29 is 9.90 Å². The Bertz CT molecular complexity index is 684. The maximum atomic E-state index is 12.9. The van der Waals surface area contributed by atoms with Crippen molar-refractivity contribution in [1.82, 2.24) is 14.8 Å². The van der Waals surface area contributed by atoms with Crippen molar-refractivity contribution in [3.8, 4) is 5.75 Å². The highest BCUT2D eigenvalue weighted by molar-refractivity contribution is 5.97. The summed E-state index contributed by atoms with van der Waals surface area (Å²) in [6.45, 7) is 10.2. The Balaban J connectivity index is 0.00000364. The lowest BCUT2D eigenvalue weighted by atomic mass is 9.93. The molecule has 0 saturated carbocycles. The minimum atomic E-state index is -0.453. The van der Waals surface area contributed by atoms with Gasteiger partial charge in [-0.1, -0.05) is 20.8 Å². The summed E-state index contributed by atoms with van der Waals surface area (Å²) in [4.78, 5) is 27.8. The predicted octanol–water partition coefficient (Wildman–Crippen LogP) is 2.73. The van der Waals surface area contributed by atoms with Gasteiger partial charge in [-0.05, 0) is 58.2 Å². The molecule has 0 bridgehead atoms. The van der Waals surface area contributed by atoms with Crippen molar-refractivity contribution in [1.29, 1.82) is 0 Å². The molecule has 2 N–H and O–H groups in total. The van der Waals surface area contributed by atoms with Crippen LogP contribution in [-0.2, 0) is 19.4 Å². The summed E-state index contributed by atoms with van der Waals surface area (Å²) in [5.74, 6) is -0.552. The molecular weight excluding hydrogens is 366 g/mol. The van der Waals surface area contributed by atoms with E-state index in [9.17, 15) is 14.7 Å². The van der Waals surface area contributed by atoms with E-state index in [0.29, 0.717) is 13.1 Å². The van der Waals surface area contributed by atoms with Gasteiger partial charge < -0.3 is 19.9 Å². The quantitative estimate of drug-likeness (QED) is 0.626. The summed E-state index contributed by atoms with van der Waals surface area (Å²) in [7, 11) is 0. The first-order chi connectivity index (χ1) is 12.5. The van der Waals surface area contributed by atoms with Gasteiger partial charge in [0.15, 0.2) is 0 Å². The van der Waals surface area contributed by atoms with Crippen molar-refractivity contribution in [2.24, 2.45) is 0 Å². The summed E-state index contributed by atoms with van der Waals surface area (Å²) in [5.41, 5.74) is 1.27. The Hall–Kier alpha value is -1.53. The molecule has 154 valence electrons. The van der Waals surface area contributed by atoms with Crippen LogP contribution in [0.5, 0.6) is 5.75 Å². The molecule has 7 heteroatoms. The molecule has 1 heterocycles. The number of carbonyl (C=O) groups is 1. The number of hydrogen-bond donors (Lipinski definition) is 2. The highest BCUT2D eigenvalue weighted by atomic mass is 35.5. The average Bonchev–Trinajstić information content (AvgIpc) is 2.65. The van der Waals surface area contributed by atoms with E-state index in [1.165, 1.54) is 0 Å². The van der Waals surface area contributed by atoms with Crippen molar-refractivity contribution in [3.05, 3.63) is 27.2 Å². The van der Waals surface area contributed by atoms with Crippen LogP contribution in [-0.4, -0.2) is 46.7 Å². The van der Waals surface area contributed by atoms with Gasteiger partial charge in [-0.15, -0.1) is 12.4 Å². The van der Waals surface area contributed by atoms with Gasteiger partial charge in [0.05, 0.1) is 0 Å². The van der Waals surface area contributed by atoms with E-state index in [1.54, 1.807) is 4.57 Å². The predicted molar refractivity (Wildman–Crippen MR) is 111 cm³/mol. The fraction of sp³-hybridized carbons (Fsp3) is 0.700. The lowest BCUT2D eigenvalue weighted by Gasteiger charge is -2.23. The van der Waals surface area contributed by atoms with Crippen molar-refractivity contribution >= 4 is 18.3 Å². The third-order valence-electron chi connectivity index (χ3n) is 5.25. The number of carbonyl (C=O) groups excluding carboxylic acids is 1. The number of nitrogens with zero attached hydrogens (tertiary/aromatic N) is 2. The van der Waals surface area contributed by atoms with Crippen LogP contribution in [0.2, 0.25) is 0 Å². The monoisotopic (exact) mass is 399 g/mol. The third kappa shape index (κ3) is 5.48. The van der Waals surface area contributed by atoms with Crippen LogP contribution in [0.3, 0.4) is 0 Å². The molecule has 0 unspecified atom stereocenters. The van der Waals surface area contributed by atoms with Crippen LogP contribution in [0.15, 0.2) is 4.79 Å². The molecule has 0 radical (unpaired) electrons. The molecule has 0 saturated heterocycles. The number of hydrogen-bond acceptors (Lipinski definition) is 4. The molecule has 0 aliphatic heterocycles. The van der Waals surface area contributed by atoms with Gasteiger partial charge in [0.2, 0.25) is 0 Å². The number of nitrogens with one attached hydrogen (secondary N) is 1. The average molecular weight is 400 g/mol. The van der Waals surface area contributed by atoms with Gasteiger partial charge in [-0.2, -0.15) is 0 Å². The standard InChI is InChI=1S/C20H33N3O3.ClH/c1-4-13-23-16-11-8-7-10-15(16)18(24)17(20(23)26)19(25)21-12-9-14-22(5-2)6-3;/h24H,4-14H2,1-3H3,(H,21,25);1H. The molecule has 6 nitrogen and oxygen atoms in total. The molecule has 0 spiro atoms. The lowest BCUT2D eigenvalue weighted by molar-refractivity contribution is 0.0946. The van der Waals surface area contributed by atoms with Crippen LogP contribution in [0, 0.1) is 0 Å². The van der Waals surface area contributed by atoms with E-state index in [-0.39, 0.29) is 29.3 Å². The second kappa shape index (κ2) is 11.3. The number of pyridine rings is 1. The highest BCUT2D eigenvalue weighted by Crippen LogP contribution is 2.30. The maximum absolute atomic E-state index is 12.9. The van der Waals surface area contributed by atoms with Crippen molar-refractivity contribution in [2.75, 3.05) is 26.2 Å². The molecule has 27 heavy (non-hydrogen) atoms. The summed E-state index contributed by atoms with van der Waals surface area (Å²) in [5, 5.41) is 13.4. The zero-order valence-electron chi connectivity index (χ0n) is 16.8. The van der Waals surface area contributed by atoms with Gasteiger partial charge >= 0.3 is 0 Å². The second-order valence-corrected chi connectivity index (χ2v) is 6.95. The van der Waals surface area contributed by atoms with Gasteiger partial charge in [0.1, 0.15) is 11.3 Å². The number of rotatable bonds is 9. The summed E-state index contributed by atoms with van der Waals surface area (Å²) in [6, 6.07) is 0. The zero-order chi connectivity index (χ0) is 19.1. The minimum Gasteiger partial charge on any atom is -0.507 e. The Morgan fingerprint density at radius 1 is 1.19 bits per heavy atom. The van der Waals surface area contributed by atoms with E-state index in [2.05, 4.69) is 24.1 Å². The Kier molecular flexibility index (Phi) is 9.88. The van der Waals surface area contributed by atoms with E-state index in [1.807, 2.05) is 6.92 Å². The molecule has 1 aromatic rings. The molecule has 0 aromatic carbocycles. The summed E-state index contributed by atoms with van der Waals surface area (Å²) >= 11 is 0. The molecule has 0 atom stereocenters. The molecule has 0 fully saturated rings. The molecule has 1 aromatic heterocycles. The summed E-state index contributed by atoms with van der Waals surface area (Å²) in [6.07, 6.45) is 5.17. The number of aromatic nitrogens is 1. The van der Waals surface area contributed by atoms with Crippen molar-refractivity contribution in [2.45, 2.75) is 65.8 Å². The van der Waals surface area contributed by atoms with Crippen LogP contribution in [0.1, 0.15) is 68.1 Å². The van der Waals surface area contributed by atoms with Gasteiger partial charge in [-0.25, -0.2) is 0 Å². The molecular formula is C20H34ClN3O3. The fourth-order valence-electron chi connectivity index (χ4n) is 3.75. The van der Waals surface area contributed by atoms with Crippen LogP contribution < -0.4 is 10.9 Å². The number of halogens is 1. The fourth-order valence-corrected chi connectivity index (χ4v) is 3.75. The highest BCUT2D eigenvalue weighted by Gasteiger charge is 2.26. The number of amides is 1. The maximum Gasteiger partial charge on any atom is 0.267 e. The number of aromatic hydroxyl groups is 1. The largest absolute Gasteiger partial charge is 0.507 e. The van der Waals surface area contributed by atoms with Crippen LogP contribution >= 0.6 is 12.4 Å².